The molecule has 2 heterocycles. The molecule has 2 fully saturated rings. The van der Waals surface area contributed by atoms with Crippen LogP contribution in [-0.2, 0) is 6.54 Å². The van der Waals surface area contributed by atoms with E-state index in [0.717, 1.165) is 12.1 Å². The summed E-state index contributed by atoms with van der Waals surface area (Å²) in [7, 11) is 2.23. The summed E-state index contributed by atoms with van der Waals surface area (Å²) < 4.78 is 13.8. The van der Waals surface area contributed by atoms with Gasteiger partial charge in [0.15, 0.2) is 0 Å². The number of halogens is 1. The Bertz CT molecular complexity index is 518. The van der Waals surface area contributed by atoms with E-state index in [1.807, 2.05) is 6.07 Å². The van der Waals surface area contributed by atoms with Gasteiger partial charge in [-0.2, -0.15) is 0 Å². The van der Waals surface area contributed by atoms with Gasteiger partial charge in [0.2, 0.25) is 0 Å². The van der Waals surface area contributed by atoms with Crippen molar-refractivity contribution in [2.45, 2.75) is 45.6 Å². The Kier molecular flexibility index (Phi) is 4.56. The molecule has 2 nitrogen and oxygen atoms in total. The van der Waals surface area contributed by atoms with Crippen molar-refractivity contribution in [3.63, 3.8) is 0 Å². The summed E-state index contributed by atoms with van der Waals surface area (Å²) in [5, 5.41) is 0. The maximum absolute atomic E-state index is 13.8. The Morgan fingerprint density at radius 2 is 1.82 bits per heavy atom. The zero-order valence-corrected chi connectivity index (χ0v) is 14.2. The fourth-order valence-corrected chi connectivity index (χ4v) is 4.06. The molecule has 122 valence electrons. The SMILES string of the molecule is CC(C)c1cc(CN2CCC3(CCN(C)CC3)C2)ccc1F. The lowest BCUT2D eigenvalue weighted by Crippen LogP contribution is -2.39. The van der Waals surface area contributed by atoms with Crippen LogP contribution in [0.4, 0.5) is 4.39 Å². The quantitative estimate of drug-likeness (QED) is 0.836. The number of piperidine rings is 1. The van der Waals surface area contributed by atoms with E-state index in [9.17, 15) is 4.39 Å². The molecule has 3 heteroatoms. The monoisotopic (exact) mass is 304 g/mol. The van der Waals surface area contributed by atoms with Crippen molar-refractivity contribution >= 4 is 0 Å². The van der Waals surface area contributed by atoms with Crippen LogP contribution in [0.1, 0.15) is 50.2 Å². The summed E-state index contributed by atoms with van der Waals surface area (Å²) in [5.41, 5.74) is 2.66. The summed E-state index contributed by atoms with van der Waals surface area (Å²) in [4.78, 5) is 5.02. The molecule has 0 saturated carbocycles. The van der Waals surface area contributed by atoms with Crippen LogP contribution >= 0.6 is 0 Å². The summed E-state index contributed by atoms with van der Waals surface area (Å²) in [6.07, 6.45) is 4.00. The highest BCUT2D eigenvalue weighted by atomic mass is 19.1. The highest BCUT2D eigenvalue weighted by molar-refractivity contribution is 5.27. The second-order valence-corrected chi connectivity index (χ2v) is 7.77. The number of hydrogen-bond acceptors (Lipinski definition) is 2. The van der Waals surface area contributed by atoms with Crippen molar-refractivity contribution in [1.82, 2.24) is 9.80 Å². The second kappa shape index (κ2) is 6.29. The average molecular weight is 304 g/mol. The molecule has 22 heavy (non-hydrogen) atoms. The van der Waals surface area contributed by atoms with Gasteiger partial charge in [-0.05, 0) is 74.5 Å². The Hall–Kier alpha value is -0.930. The zero-order valence-electron chi connectivity index (χ0n) is 14.2. The molecule has 2 saturated heterocycles. The number of likely N-dealkylation sites (tertiary alicyclic amines) is 2. The van der Waals surface area contributed by atoms with Gasteiger partial charge in [0.1, 0.15) is 5.82 Å². The second-order valence-electron chi connectivity index (χ2n) is 7.77. The number of nitrogens with zero attached hydrogens (tertiary/aromatic N) is 2. The summed E-state index contributed by atoms with van der Waals surface area (Å²) in [5.74, 6) is 0.186. The predicted octanol–water partition coefficient (Wildman–Crippen LogP) is 3.87. The molecule has 1 aromatic carbocycles. The lowest BCUT2D eigenvalue weighted by molar-refractivity contribution is 0.125. The number of benzene rings is 1. The molecule has 2 aliphatic rings. The summed E-state index contributed by atoms with van der Waals surface area (Å²) in [6.45, 7) is 9.98. The van der Waals surface area contributed by atoms with Crippen molar-refractivity contribution in [1.29, 1.82) is 0 Å². The lowest BCUT2D eigenvalue weighted by Gasteiger charge is -2.37. The van der Waals surface area contributed by atoms with E-state index in [1.165, 1.54) is 51.0 Å². The minimum absolute atomic E-state index is 0.0630. The van der Waals surface area contributed by atoms with Gasteiger partial charge in [-0.25, -0.2) is 4.39 Å². The Labute approximate surface area is 134 Å². The van der Waals surface area contributed by atoms with Crippen molar-refractivity contribution in [2.24, 2.45) is 5.41 Å². The van der Waals surface area contributed by atoms with Gasteiger partial charge < -0.3 is 4.90 Å². The molecule has 0 atom stereocenters. The Morgan fingerprint density at radius 1 is 1.14 bits per heavy atom. The normalized spacial score (nSPS) is 22.8. The number of rotatable bonds is 3. The first-order chi connectivity index (χ1) is 10.5. The van der Waals surface area contributed by atoms with Gasteiger partial charge in [0.05, 0.1) is 0 Å². The van der Waals surface area contributed by atoms with E-state index in [-0.39, 0.29) is 11.7 Å². The summed E-state index contributed by atoms with van der Waals surface area (Å²) >= 11 is 0. The molecular weight excluding hydrogens is 275 g/mol. The molecule has 0 amide bonds. The highest BCUT2D eigenvalue weighted by Crippen LogP contribution is 2.40. The van der Waals surface area contributed by atoms with Gasteiger partial charge in [-0.1, -0.05) is 26.0 Å². The third kappa shape index (κ3) is 3.36. The van der Waals surface area contributed by atoms with Crippen molar-refractivity contribution < 1.29 is 4.39 Å². The highest BCUT2D eigenvalue weighted by Gasteiger charge is 2.39. The van der Waals surface area contributed by atoms with Crippen LogP contribution in [0.3, 0.4) is 0 Å². The van der Waals surface area contributed by atoms with Crippen molar-refractivity contribution in [3.8, 4) is 0 Å². The van der Waals surface area contributed by atoms with Gasteiger partial charge in [0.25, 0.3) is 0 Å². The Morgan fingerprint density at radius 3 is 2.50 bits per heavy atom. The van der Waals surface area contributed by atoms with Gasteiger partial charge >= 0.3 is 0 Å². The third-order valence-corrected chi connectivity index (χ3v) is 5.65. The molecule has 0 N–H and O–H groups in total. The van der Waals surface area contributed by atoms with Crippen molar-refractivity contribution in [3.05, 3.63) is 35.1 Å². The van der Waals surface area contributed by atoms with Crippen LogP contribution in [0.2, 0.25) is 0 Å². The van der Waals surface area contributed by atoms with Crippen molar-refractivity contribution in [2.75, 3.05) is 33.2 Å². The Balaban J connectivity index is 1.64. The summed E-state index contributed by atoms with van der Waals surface area (Å²) in [6, 6.07) is 5.67. The van der Waals surface area contributed by atoms with Gasteiger partial charge in [-0.3, -0.25) is 4.90 Å². The van der Waals surface area contributed by atoms with E-state index in [4.69, 9.17) is 0 Å². The number of hydrogen-bond donors (Lipinski definition) is 0. The van der Waals surface area contributed by atoms with E-state index in [0.29, 0.717) is 5.41 Å². The van der Waals surface area contributed by atoms with Crippen LogP contribution in [0.25, 0.3) is 0 Å². The average Bonchev–Trinajstić information content (AvgIpc) is 2.87. The molecule has 0 aromatic heterocycles. The molecule has 1 aromatic rings. The molecular formula is C19H29FN2. The molecule has 1 spiro atoms. The standard InChI is InChI=1S/C19H29FN2/c1-15(2)17-12-16(4-5-18(17)20)13-22-11-8-19(14-22)6-9-21(3)10-7-19/h4-5,12,15H,6-11,13-14H2,1-3H3. The maximum Gasteiger partial charge on any atom is 0.126 e. The molecule has 2 aliphatic heterocycles. The molecule has 0 aliphatic carbocycles. The van der Waals surface area contributed by atoms with Gasteiger partial charge in [-0.15, -0.1) is 0 Å². The van der Waals surface area contributed by atoms with Crippen LogP contribution in [-0.4, -0.2) is 43.0 Å². The van der Waals surface area contributed by atoms with Crippen LogP contribution in [0.15, 0.2) is 18.2 Å². The first kappa shape index (κ1) is 15.9. The minimum atomic E-state index is -0.0630. The minimum Gasteiger partial charge on any atom is -0.306 e. The third-order valence-electron chi connectivity index (χ3n) is 5.65. The van der Waals surface area contributed by atoms with E-state index in [1.54, 1.807) is 6.07 Å². The predicted molar refractivity (Wildman–Crippen MR) is 89.5 cm³/mol. The smallest absolute Gasteiger partial charge is 0.126 e. The van der Waals surface area contributed by atoms with E-state index < -0.39 is 0 Å². The van der Waals surface area contributed by atoms with Gasteiger partial charge in [0, 0.05) is 13.1 Å². The maximum atomic E-state index is 13.8. The lowest BCUT2D eigenvalue weighted by atomic mass is 9.78. The fourth-order valence-electron chi connectivity index (χ4n) is 4.06. The first-order valence-corrected chi connectivity index (χ1v) is 8.67. The molecule has 0 bridgehead atoms. The fraction of sp³-hybridized carbons (Fsp3) is 0.684. The van der Waals surface area contributed by atoms with Crippen LogP contribution in [0, 0.1) is 11.2 Å². The molecule has 3 rings (SSSR count). The van der Waals surface area contributed by atoms with E-state index in [2.05, 4.69) is 36.8 Å². The largest absolute Gasteiger partial charge is 0.306 e. The zero-order chi connectivity index (χ0) is 15.7. The molecule has 0 radical (unpaired) electrons. The molecule has 0 unspecified atom stereocenters. The topological polar surface area (TPSA) is 6.48 Å². The first-order valence-electron chi connectivity index (χ1n) is 8.67. The van der Waals surface area contributed by atoms with Crippen LogP contribution < -0.4 is 0 Å². The van der Waals surface area contributed by atoms with Crippen LogP contribution in [0.5, 0.6) is 0 Å². The van der Waals surface area contributed by atoms with E-state index >= 15 is 0 Å².